The summed E-state index contributed by atoms with van der Waals surface area (Å²) in [4.78, 5) is 14.3. The second kappa shape index (κ2) is 6.53. The number of amides is 1. The van der Waals surface area contributed by atoms with Crippen LogP contribution in [0.3, 0.4) is 0 Å². The van der Waals surface area contributed by atoms with E-state index < -0.39 is 0 Å². The third-order valence-electron chi connectivity index (χ3n) is 4.15. The molecule has 0 bridgehead atoms. The molecule has 1 fully saturated rings. The third kappa shape index (κ3) is 4.32. The molecule has 0 aromatic heterocycles. The highest BCUT2D eigenvalue weighted by Crippen LogP contribution is 2.20. The van der Waals surface area contributed by atoms with Crippen molar-refractivity contribution in [3.8, 4) is 0 Å². The molecule has 2 rings (SSSR count). The smallest absolute Gasteiger partial charge is 0.220 e. The fourth-order valence-corrected chi connectivity index (χ4v) is 2.77. The van der Waals surface area contributed by atoms with Gasteiger partial charge in [-0.3, -0.25) is 9.69 Å². The molecule has 1 N–H and O–H groups in total. The molecular weight excluding hydrogens is 240 g/mol. The first-order valence-corrected chi connectivity index (χ1v) is 7.34. The Morgan fingerprint density at radius 1 is 1.42 bits per heavy atom. The molecule has 1 unspecified atom stereocenters. The lowest BCUT2D eigenvalue weighted by Gasteiger charge is -2.40. The van der Waals surface area contributed by atoms with Gasteiger partial charge in [0.15, 0.2) is 0 Å². The van der Waals surface area contributed by atoms with Crippen LogP contribution >= 0.6 is 0 Å². The normalized spacial score (nSPS) is 24.6. The van der Waals surface area contributed by atoms with Gasteiger partial charge in [0.2, 0.25) is 5.91 Å². The SMILES string of the molecule is CC(C)(CNC(=O)CC1C=CCC1)N1CCOCC1. The molecule has 0 radical (unpaired) electrons. The highest BCUT2D eigenvalue weighted by molar-refractivity contribution is 5.76. The van der Waals surface area contributed by atoms with Crippen molar-refractivity contribution in [3.05, 3.63) is 12.2 Å². The number of hydrogen-bond acceptors (Lipinski definition) is 3. The highest BCUT2D eigenvalue weighted by atomic mass is 16.5. The van der Waals surface area contributed by atoms with Gasteiger partial charge in [-0.1, -0.05) is 12.2 Å². The average Bonchev–Trinajstić information content (AvgIpc) is 2.90. The molecule has 1 aliphatic heterocycles. The fraction of sp³-hybridized carbons (Fsp3) is 0.800. The molecular formula is C15H26N2O2. The topological polar surface area (TPSA) is 41.6 Å². The van der Waals surface area contributed by atoms with E-state index in [1.54, 1.807) is 0 Å². The molecule has 1 heterocycles. The van der Waals surface area contributed by atoms with Crippen LogP contribution in [0.25, 0.3) is 0 Å². The van der Waals surface area contributed by atoms with Crippen molar-refractivity contribution in [3.63, 3.8) is 0 Å². The van der Waals surface area contributed by atoms with Crippen LogP contribution in [0.15, 0.2) is 12.2 Å². The van der Waals surface area contributed by atoms with Crippen molar-refractivity contribution in [1.29, 1.82) is 0 Å². The molecule has 108 valence electrons. The van der Waals surface area contributed by atoms with E-state index >= 15 is 0 Å². The lowest BCUT2D eigenvalue weighted by atomic mass is 10.0. The molecule has 2 aliphatic rings. The van der Waals surface area contributed by atoms with Gasteiger partial charge in [0.1, 0.15) is 0 Å². The Balaban J connectivity index is 1.73. The van der Waals surface area contributed by atoms with Gasteiger partial charge in [-0.05, 0) is 32.6 Å². The monoisotopic (exact) mass is 266 g/mol. The summed E-state index contributed by atoms with van der Waals surface area (Å²) < 4.78 is 5.37. The van der Waals surface area contributed by atoms with E-state index in [0.29, 0.717) is 18.9 Å². The Morgan fingerprint density at radius 2 is 2.16 bits per heavy atom. The Labute approximate surface area is 116 Å². The van der Waals surface area contributed by atoms with Gasteiger partial charge in [-0.15, -0.1) is 0 Å². The number of allylic oxidation sites excluding steroid dienone is 2. The molecule has 0 aromatic carbocycles. The number of carbonyl (C=O) groups excluding carboxylic acids is 1. The average molecular weight is 266 g/mol. The van der Waals surface area contributed by atoms with Crippen molar-refractivity contribution >= 4 is 5.91 Å². The van der Waals surface area contributed by atoms with Gasteiger partial charge >= 0.3 is 0 Å². The maximum Gasteiger partial charge on any atom is 0.220 e. The Morgan fingerprint density at radius 3 is 2.79 bits per heavy atom. The standard InChI is InChI=1S/C15H26N2O2/c1-15(2,17-7-9-19-10-8-17)12-16-14(18)11-13-5-3-4-6-13/h3,5,13H,4,6-12H2,1-2H3,(H,16,18). The molecule has 0 spiro atoms. The Bertz CT molecular complexity index is 333. The zero-order chi connectivity index (χ0) is 13.7. The lowest BCUT2D eigenvalue weighted by molar-refractivity contribution is -0.122. The van der Waals surface area contributed by atoms with Crippen LogP contribution in [-0.2, 0) is 9.53 Å². The zero-order valence-electron chi connectivity index (χ0n) is 12.2. The minimum absolute atomic E-state index is 0.00492. The second-order valence-electron chi connectivity index (χ2n) is 6.16. The quantitative estimate of drug-likeness (QED) is 0.768. The summed E-state index contributed by atoms with van der Waals surface area (Å²) in [5.74, 6) is 0.629. The number of rotatable bonds is 5. The van der Waals surface area contributed by atoms with E-state index in [4.69, 9.17) is 4.74 Å². The molecule has 1 atom stereocenters. The van der Waals surface area contributed by atoms with Gasteiger partial charge < -0.3 is 10.1 Å². The minimum atomic E-state index is 0.00492. The number of nitrogens with one attached hydrogen (secondary N) is 1. The molecule has 1 amide bonds. The molecule has 1 saturated heterocycles. The van der Waals surface area contributed by atoms with E-state index in [9.17, 15) is 4.79 Å². The van der Waals surface area contributed by atoms with Crippen molar-refractivity contribution in [2.24, 2.45) is 5.92 Å². The number of carbonyl (C=O) groups is 1. The molecule has 0 saturated carbocycles. The second-order valence-corrected chi connectivity index (χ2v) is 6.16. The van der Waals surface area contributed by atoms with Gasteiger partial charge in [0.25, 0.3) is 0 Å². The van der Waals surface area contributed by atoms with Crippen molar-refractivity contribution in [2.75, 3.05) is 32.8 Å². The van der Waals surface area contributed by atoms with E-state index in [0.717, 1.165) is 39.1 Å². The van der Waals surface area contributed by atoms with Crippen LogP contribution in [-0.4, -0.2) is 49.2 Å². The minimum Gasteiger partial charge on any atom is -0.379 e. The van der Waals surface area contributed by atoms with E-state index in [2.05, 4.69) is 36.2 Å². The number of hydrogen-bond donors (Lipinski definition) is 1. The lowest BCUT2D eigenvalue weighted by Crippen LogP contribution is -2.55. The number of nitrogens with zero attached hydrogens (tertiary/aromatic N) is 1. The summed E-state index contributed by atoms with van der Waals surface area (Å²) in [6.45, 7) is 8.58. The summed E-state index contributed by atoms with van der Waals surface area (Å²) in [6.07, 6.45) is 7.23. The Hall–Kier alpha value is -0.870. The van der Waals surface area contributed by atoms with E-state index in [1.807, 2.05) is 0 Å². The van der Waals surface area contributed by atoms with Crippen LogP contribution in [0, 0.1) is 5.92 Å². The Kier molecular flexibility index (Phi) is 4.99. The largest absolute Gasteiger partial charge is 0.379 e. The summed E-state index contributed by atoms with van der Waals surface area (Å²) in [5.41, 5.74) is 0.00492. The number of morpholine rings is 1. The van der Waals surface area contributed by atoms with Crippen LogP contribution < -0.4 is 5.32 Å². The zero-order valence-corrected chi connectivity index (χ0v) is 12.2. The molecule has 4 nitrogen and oxygen atoms in total. The third-order valence-corrected chi connectivity index (χ3v) is 4.15. The molecule has 1 aliphatic carbocycles. The van der Waals surface area contributed by atoms with Crippen LogP contribution in [0.4, 0.5) is 0 Å². The van der Waals surface area contributed by atoms with Crippen LogP contribution in [0.5, 0.6) is 0 Å². The predicted molar refractivity (Wildman–Crippen MR) is 76.0 cm³/mol. The molecule has 4 heteroatoms. The first-order chi connectivity index (χ1) is 9.08. The summed E-state index contributed by atoms with van der Waals surface area (Å²) in [6, 6.07) is 0. The first kappa shape index (κ1) is 14.5. The van der Waals surface area contributed by atoms with E-state index in [-0.39, 0.29) is 11.4 Å². The predicted octanol–water partition coefficient (Wildman–Crippen LogP) is 1.57. The fourth-order valence-electron chi connectivity index (χ4n) is 2.77. The molecule has 0 aromatic rings. The van der Waals surface area contributed by atoms with Crippen molar-refractivity contribution in [2.45, 2.75) is 38.6 Å². The van der Waals surface area contributed by atoms with Gasteiger partial charge in [-0.25, -0.2) is 0 Å². The highest BCUT2D eigenvalue weighted by Gasteiger charge is 2.28. The maximum absolute atomic E-state index is 11.9. The summed E-state index contributed by atoms with van der Waals surface area (Å²) in [7, 11) is 0. The maximum atomic E-state index is 11.9. The van der Waals surface area contributed by atoms with Crippen molar-refractivity contribution < 1.29 is 9.53 Å². The van der Waals surface area contributed by atoms with Crippen molar-refractivity contribution in [1.82, 2.24) is 10.2 Å². The van der Waals surface area contributed by atoms with Gasteiger partial charge in [0, 0.05) is 31.6 Å². The summed E-state index contributed by atoms with van der Waals surface area (Å²) >= 11 is 0. The van der Waals surface area contributed by atoms with Crippen LogP contribution in [0.1, 0.15) is 33.1 Å². The van der Waals surface area contributed by atoms with Crippen LogP contribution in [0.2, 0.25) is 0 Å². The van der Waals surface area contributed by atoms with Gasteiger partial charge in [-0.2, -0.15) is 0 Å². The van der Waals surface area contributed by atoms with E-state index in [1.165, 1.54) is 0 Å². The van der Waals surface area contributed by atoms with Gasteiger partial charge in [0.05, 0.1) is 13.2 Å². The number of ether oxygens (including phenoxy) is 1. The first-order valence-electron chi connectivity index (χ1n) is 7.34. The molecule has 19 heavy (non-hydrogen) atoms. The summed E-state index contributed by atoms with van der Waals surface area (Å²) in [5, 5.41) is 3.09.